The average molecular weight is 507 g/mol. The van der Waals surface area contributed by atoms with E-state index >= 15 is 0 Å². The number of nitrogen functional groups attached to an aromatic ring is 1. The number of anilines is 1. The van der Waals surface area contributed by atoms with Gasteiger partial charge in [-0.2, -0.15) is 0 Å². The number of aromatic nitrogens is 5. The van der Waals surface area contributed by atoms with Gasteiger partial charge in [0.05, 0.1) is 37.0 Å². The van der Waals surface area contributed by atoms with Crippen molar-refractivity contribution in [3.8, 4) is 0 Å². The summed E-state index contributed by atoms with van der Waals surface area (Å²) in [5.74, 6) is -2.07. The van der Waals surface area contributed by atoms with Gasteiger partial charge in [-0.1, -0.05) is 22.8 Å². The molecule has 0 radical (unpaired) electrons. The number of esters is 1. The molecule has 0 fully saturated rings. The van der Waals surface area contributed by atoms with Crippen LogP contribution in [0, 0.1) is 5.82 Å². The third kappa shape index (κ3) is 4.72. The molecule has 0 aliphatic carbocycles. The van der Waals surface area contributed by atoms with Crippen LogP contribution in [0.3, 0.4) is 0 Å². The lowest BCUT2D eigenvalue weighted by molar-refractivity contribution is -0.137. The second-order valence-corrected chi connectivity index (χ2v) is 8.23. The number of halogens is 2. The largest absolute Gasteiger partial charge is 0.481 e. The summed E-state index contributed by atoms with van der Waals surface area (Å²) < 4.78 is 20.0. The van der Waals surface area contributed by atoms with Crippen LogP contribution in [-0.2, 0) is 27.3 Å². The second-order valence-electron chi connectivity index (χ2n) is 6.96. The number of benzene rings is 1. The molecule has 0 bridgehead atoms. The number of nitrogens with one attached hydrogen (secondary N) is 1. The molecule has 12 nitrogen and oxygen atoms in total. The molecule has 2 aromatic heterocycles. The Morgan fingerprint density at radius 3 is 2.85 bits per heavy atom. The summed E-state index contributed by atoms with van der Waals surface area (Å²) in [6, 6.07) is 2.71. The van der Waals surface area contributed by atoms with E-state index in [0.717, 1.165) is 17.4 Å². The molecule has 1 aliphatic heterocycles. The number of hydrogen-bond acceptors (Lipinski definition) is 11. The van der Waals surface area contributed by atoms with Crippen LogP contribution in [0.1, 0.15) is 22.3 Å². The van der Waals surface area contributed by atoms with Crippen LogP contribution in [-0.4, -0.2) is 55.2 Å². The highest BCUT2D eigenvalue weighted by Crippen LogP contribution is 2.37. The molecular weight excluding hydrogens is 491 g/mol. The monoisotopic (exact) mass is 506 g/mol. The van der Waals surface area contributed by atoms with Crippen molar-refractivity contribution in [1.82, 2.24) is 30.5 Å². The highest BCUT2D eigenvalue weighted by Gasteiger charge is 2.34. The fraction of sp³-hybridized carbons (Fsp3) is 0.211. The maximum absolute atomic E-state index is 13.7. The number of nitrogens with zero attached hydrogens (tertiary/aromatic N) is 6. The van der Waals surface area contributed by atoms with E-state index in [2.05, 4.69) is 30.8 Å². The molecule has 3 heterocycles. The number of ether oxygens (including phenoxy) is 1. The SMILES string of the molecule is COC(=O)C1=C(Cn2nnnc2N)NC(c2nc(CC(=O)O)cs2)=NC1c1ccc(F)cc1Cl. The van der Waals surface area contributed by atoms with E-state index in [1.165, 1.54) is 23.9 Å². The molecule has 1 unspecified atom stereocenters. The summed E-state index contributed by atoms with van der Waals surface area (Å²) in [5, 5.41) is 25.0. The Morgan fingerprint density at radius 1 is 1.41 bits per heavy atom. The Balaban J connectivity index is 1.86. The van der Waals surface area contributed by atoms with E-state index in [-0.39, 0.29) is 41.0 Å². The molecule has 1 atom stereocenters. The first-order valence-electron chi connectivity index (χ1n) is 9.56. The minimum absolute atomic E-state index is 0.00284. The van der Waals surface area contributed by atoms with Gasteiger partial charge in [-0.25, -0.2) is 18.9 Å². The Kier molecular flexibility index (Phi) is 6.51. The summed E-state index contributed by atoms with van der Waals surface area (Å²) >= 11 is 7.47. The normalized spacial score (nSPS) is 15.6. The Labute approximate surface area is 199 Å². The number of aliphatic carboxylic acids is 1. The maximum Gasteiger partial charge on any atom is 0.338 e. The van der Waals surface area contributed by atoms with Gasteiger partial charge in [0.15, 0.2) is 10.8 Å². The topological polar surface area (TPSA) is 170 Å². The van der Waals surface area contributed by atoms with Crippen LogP contribution in [0.5, 0.6) is 0 Å². The molecule has 1 aromatic carbocycles. The van der Waals surface area contributed by atoms with Gasteiger partial charge in [-0.05, 0) is 22.6 Å². The number of nitrogens with two attached hydrogens (primary N) is 1. The van der Waals surface area contributed by atoms with Crippen LogP contribution in [0.2, 0.25) is 5.02 Å². The number of tetrazole rings is 1. The number of aliphatic imine (C=N–C) groups is 1. The van der Waals surface area contributed by atoms with Gasteiger partial charge in [0.25, 0.3) is 0 Å². The van der Waals surface area contributed by atoms with Crippen LogP contribution >= 0.6 is 22.9 Å². The average Bonchev–Trinajstić information content (AvgIpc) is 3.41. The molecule has 4 rings (SSSR count). The fourth-order valence-corrected chi connectivity index (χ4v) is 4.29. The number of carboxylic acid groups (broad SMARTS) is 1. The first kappa shape index (κ1) is 23.3. The number of amidine groups is 1. The van der Waals surface area contributed by atoms with Crippen molar-refractivity contribution in [1.29, 1.82) is 0 Å². The molecule has 176 valence electrons. The van der Waals surface area contributed by atoms with Crippen LogP contribution < -0.4 is 11.1 Å². The van der Waals surface area contributed by atoms with E-state index in [1.54, 1.807) is 5.38 Å². The number of methoxy groups -OCH3 is 1. The van der Waals surface area contributed by atoms with E-state index in [9.17, 15) is 14.0 Å². The first-order chi connectivity index (χ1) is 16.3. The van der Waals surface area contributed by atoms with Gasteiger partial charge in [0.2, 0.25) is 5.95 Å². The molecule has 0 saturated heterocycles. The Morgan fingerprint density at radius 2 is 2.21 bits per heavy atom. The van der Waals surface area contributed by atoms with Gasteiger partial charge >= 0.3 is 11.9 Å². The number of carbonyl (C=O) groups excluding carboxylic acids is 1. The fourth-order valence-electron chi connectivity index (χ4n) is 3.25. The summed E-state index contributed by atoms with van der Waals surface area (Å²) in [6.45, 7) is -0.0645. The molecule has 4 N–H and O–H groups in total. The number of rotatable bonds is 7. The first-order valence-corrected chi connectivity index (χ1v) is 10.8. The van der Waals surface area contributed by atoms with Gasteiger partial charge < -0.3 is 20.9 Å². The van der Waals surface area contributed by atoms with E-state index in [1.807, 2.05) is 0 Å². The van der Waals surface area contributed by atoms with Gasteiger partial charge in [0, 0.05) is 16.0 Å². The van der Waals surface area contributed by atoms with Crippen molar-refractivity contribution in [3.63, 3.8) is 0 Å². The van der Waals surface area contributed by atoms with Crippen LogP contribution in [0.4, 0.5) is 10.3 Å². The molecule has 34 heavy (non-hydrogen) atoms. The highest BCUT2D eigenvalue weighted by molar-refractivity contribution is 7.11. The number of carbonyl (C=O) groups is 2. The van der Waals surface area contributed by atoms with Crippen molar-refractivity contribution < 1.29 is 23.8 Å². The molecule has 0 spiro atoms. The zero-order valence-electron chi connectivity index (χ0n) is 17.4. The molecule has 3 aromatic rings. The second kappa shape index (κ2) is 9.52. The summed E-state index contributed by atoms with van der Waals surface area (Å²) in [5.41, 5.74) is 6.84. The standard InChI is InChI=1S/C19H16ClFN8O4S/c1-33-18(32)14-12(6-29-19(22)26-27-28-29)24-16(17-23-9(7-34-17)5-13(30)31)25-15(14)10-3-2-8(21)4-11(10)20/h2-4,7,15H,5-6H2,1H3,(H,24,25)(H,30,31)(H2,22,26,28). The quantitative estimate of drug-likeness (QED) is 0.397. The van der Waals surface area contributed by atoms with Crippen molar-refractivity contribution in [3.05, 3.63) is 62.0 Å². The van der Waals surface area contributed by atoms with Crippen molar-refractivity contribution in [2.75, 3.05) is 12.8 Å². The lowest BCUT2D eigenvalue weighted by atomic mass is 9.95. The number of hydrogen-bond donors (Lipinski definition) is 3. The van der Waals surface area contributed by atoms with Crippen LogP contribution in [0.25, 0.3) is 0 Å². The van der Waals surface area contributed by atoms with Crippen LogP contribution in [0.15, 0.2) is 39.8 Å². The molecular formula is C19H16ClFN8O4S. The van der Waals surface area contributed by atoms with Gasteiger partial charge in [0.1, 0.15) is 11.9 Å². The molecule has 15 heteroatoms. The molecule has 1 aliphatic rings. The van der Waals surface area contributed by atoms with Crippen molar-refractivity contribution in [2.24, 2.45) is 4.99 Å². The Bertz CT molecular complexity index is 1340. The summed E-state index contributed by atoms with van der Waals surface area (Å²) in [6.07, 6.45) is -0.270. The predicted molar refractivity (Wildman–Crippen MR) is 119 cm³/mol. The van der Waals surface area contributed by atoms with Gasteiger partial charge in [-0.15, -0.1) is 11.3 Å². The van der Waals surface area contributed by atoms with Gasteiger partial charge in [-0.3, -0.25) is 9.79 Å². The van der Waals surface area contributed by atoms with Crippen molar-refractivity contribution in [2.45, 2.75) is 19.0 Å². The lowest BCUT2D eigenvalue weighted by Gasteiger charge is -2.27. The highest BCUT2D eigenvalue weighted by atomic mass is 35.5. The van der Waals surface area contributed by atoms with E-state index in [4.69, 9.17) is 27.2 Å². The zero-order valence-corrected chi connectivity index (χ0v) is 19.0. The minimum atomic E-state index is -1.03. The van der Waals surface area contributed by atoms with E-state index in [0.29, 0.717) is 16.3 Å². The lowest BCUT2D eigenvalue weighted by Crippen LogP contribution is -2.36. The predicted octanol–water partition coefficient (Wildman–Crippen LogP) is 1.35. The molecule has 0 saturated carbocycles. The number of thiazole rings is 1. The summed E-state index contributed by atoms with van der Waals surface area (Å²) in [4.78, 5) is 32.8. The number of carboxylic acids is 1. The number of allylic oxidation sites excluding steroid dienone is 1. The zero-order chi connectivity index (χ0) is 24.4. The third-order valence-corrected chi connectivity index (χ3v) is 5.97. The molecule has 0 amide bonds. The van der Waals surface area contributed by atoms with E-state index < -0.39 is 23.8 Å². The Hall–Kier alpha value is -3.91. The smallest absolute Gasteiger partial charge is 0.338 e. The maximum atomic E-state index is 13.7. The third-order valence-electron chi connectivity index (χ3n) is 4.74. The summed E-state index contributed by atoms with van der Waals surface area (Å²) in [7, 11) is 1.21. The van der Waals surface area contributed by atoms with Crippen molar-refractivity contribution >= 4 is 46.7 Å². The minimum Gasteiger partial charge on any atom is -0.481 e.